The minimum absolute atomic E-state index is 0.0647. The van der Waals surface area contributed by atoms with Gasteiger partial charge in [0.15, 0.2) is 22.5 Å². The lowest BCUT2D eigenvalue weighted by atomic mass is 10.0. The first-order valence-corrected chi connectivity index (χ1v) is 10.4. The minimum atomic E-state index is -3.08. The van der Waals surface area contributed by atoms with Crippen LogP contribution in [0.15, 0.2) is 24.3 Å². The van der Waals surface area contributed by atoms with Crippen molar-refractivity contribution in [1.29, 1.82) is 0 Å². The third kappa shape index (κ3) is 5.72. The van der Waals surface area contributed by atoms with Crippen LogP contribution in [0.4, 0.5) is 0 Å². The number of carbonyl (C=O) groups is 2. The SMILES string of the molecule is CC(C)c1ccccc1OCC(=O)O[C@H](C)C(=O)N[C@@H]1CCS(=O)(=O)C1. The summed E-state index contributed by atoms with van der Waals surface area (Å²) >= 11 is 0. The molecule has 1 amide bonds. The van der Waals surface area contributed by atoms with Gasteiger partial charge in [0.25, 0.3) is 5.91 Å². The third-order valence-corrected chi connectivity index (χ3v) is 5.91. The summed E-state index contributed by atoms with van der Waals surface area (Å²) in [6.45, 7) is 5.18. The largest absolute Gasteiger partial charge is 0.482 e. The molecule has 1 N–H and O–H groups in total. The number of benzene rings is 1. The molecule has 0 aromatic heterocycles. The number of rotatable bonds is 7. The Morgan fingerprint density at radius 2 is 1.92 bits per heavy atom. The van der Waals surface area contributed by atoms with Crippen LogP contribution in [0.3, 0.4) is 0 Å². The van der Waals surface area contributed by atoms with E-state index in [0.29, 0.717) is 12.2 Å². The van der Waals surface area contributed by atoms with E-state index in [-0.39, 0.29) is 24.0 Å². The smallest absolute Gasteiger partial charge is 0.344 e. The second-order valence-corrected chi connectivity index (χ2v) is 8.95. The van der Waals surface area contributed by atoms with E-state index in [1.165, 1.54) is 6.92 Å². The van der Waals surface area contributed by atoms with E-state index in [1.54, 1.807) is 6.07 Å². The Labute approximate surface area is 154 Å². The molecule has 1 aliphatic heterocycles. The van der Waals surface area contributed by atoms with Crippen LogP contribution in [0, 0.1) is 0 Å². The predicted octanol–water partition coefficient (Wildman–Crippen LogP) is 1.42. The Morgan fingerprint density at radius 3 is 2.54 bits per heavy atom. The number of esters is 1. The molecule has 0 unspecified atom stereocenters. The van der Waals surface area contributed by atoms with Crippen molar-refractivity contribution < 1.29 is 27.5 Å². The van der Waals surface area contributed by atoms with Crippen molar-refractivity contribution in [2.75, 3.05) is 18.1 Å². The maximum atomic E-state index is 12.0. The molecule has 26 heavy (non-hydrogen) atoms. The first kappa shape index (κ1) is 20.2. The topological polar surface area (TPSA) is 98.8 Å². The summed E-state index contributed by atoms with van der Waals surface area (Å²) in [6.07, 6.45) is -0.640. The fourth-order valence-corrected chi connectivity index (χ4v) is 4.41. The van der Waals surface area contributed by atoms with Gasteiger partial charge in [0.2, 0.25) is 0 Å². The Hall–Kier alpha value is -2.09. The lowest BCUT2D eigenvalue weighted by Crippen LogP contribution is -2.43. The van der Waals surface area contributed by atoms with Crippen molar-refractivity contribution in [3.8, 4) is 5.75 Å². The molecule has 144 valence electrons. The first-order valence-electron chi connectivity index (χ1n) is 8.60. The summed E-state index contributed by atoms with van der Waals surface area (Å²) < 4.78 is 33.4. The van der Waals surface area contributed by atoms with Gasteiger partial charge in [-0.3, -0.25) is 4.79 Å². The number of hydrogen-bond acceptors (Lipinski definition) is 6. The molecule has 1 fully saturated rings. The second kappa shape index (κ2) is 8.53. The van der Waals surface area contributed by atoms with E-state index in [9.17, 15) is 18.0 Å². The van der Waals surface area contributed by atoms with Crippen LogP contribution in [0.25, 0.3) is 0 Å². The normalized spacial score (nSPS) is 19.8. The van der Waals surface area contributed by atoms with Gasteiger partial charge in [0.05, 0.1) is 11.5 Å². The Morgan fingerprint density at radius 1 is 1.23 bits per heavy atom. The highest BCUT2D eigenvalue weighted by Crippen LogP contribution is 2.25. The van der Waals surface area contributed by atoms with Gasteiger partial charge in [-0.15, -0.1) is 0 Å². The van der Waals surface area contributed by atoms with Crippen molar-refractivity contribution in [2.24, 2.45) is 0 Å². The van der Waals surface area contributed by atoms with E-state index in [0.717, 1.165) is 5.56 Å². The minimum Gasteiger partial charge on any atom is -0.482 e. The molecule has 1 aliphatic rings. The molecule has 1 aromatic carbocycles. The number of ether oxygens (including phenoxy) is 2. The zero-order chi connectivity index (χ0) is 19.3. The van der Waals surface area contributed by atoms with E-state index in [2.05, 4.69) is 5.32 Å². The van der Waals surface area contributed by atoms with Gasteiger partial charge < -0.3 is 14.8 Å². The number of para-hydroxylation sites is 1. The van der Waals surface area contributed by atoms with Crippen LogP contribution in [0.2, 0.25) is 0 Å². The van der Waals surface area contributed by atoms with Crippen LogP contribution >= 0.6 is 0 Å². The molecule has 7 nitrogen and oxygen atoms in total. The summed E-state index contributed by atoms with van der Waals surface area (Å²) in [7, 11) is -3.08. The Bertz CT molecular complexity index is 759. The van der Waals surface area contributed by atoms with Crippen LogP contribution in [-0.4, -0.2) is 50.6 Å². The van der Waals surface area contributed by atoms with Crippen molar-refractivity contribution >= 4 is 21.7 Å². The molecule has 8 heteroatoms. The quantitative estimate of drug-likeness (QED) is 0.715. The van der Waals surface area contributed by atoms with Crippen LogP contribution in [0.1, 0.15) is 38.7 Å². The highest BCUT2D eigenvalue weighted by Gasteiger charge is 2.30. The van der Waals surface area contributed by atoms with Crippen molar-refractivity contribution in [3.63, 3.8) is 0 Å². The van der Waals surface area contributed by atoms with Crippen LogP contribution < -0.4 is 10.1 Å². The zero-order valence-electron chi connectivity index (χ0n) is 15.2. The van der Waals surface area contributed by atoms with Crippen molar-refractivity contribution in [1.82, 2.24) is 5.32 Å². The summed E-state index contributed by atoms with van der Waals surface area (Å²) in [5.74, 6) is -0.334. The summed E-state index contributed by atoms with van der Waals surface area (Å²) in [5.41, 5.74) is 0.980. The second-order valence-electron chi connectivity index (χ2n) is 6.72. The maximum absolute atomic E-state index is 12.0. The molecule has 1 heterocycles. The number of amides is 1. The molecule has 2 atom stereocenters. The average molecular weight is 383 g/mol. The number of carbonyl (C=O) groups excluding carboxylic acids is 2. The number of nitrogens with one attached hydrogen (secondary N) is 1. The zero-order valence-corrected chi connectivity index (χ0v) is 16.0. The number of sulfone groups is 1. The summed E-state index contributed by atoms with van der Waals surface area (Å²) in [6, 6.07) is 6.99. The van der Waals surface area contributed by atoms with Crippen molar-refractivity contribution in [3.05, 3.63) is 29.8 Å². The lowest BCUT2D eigenvalue weighted by molar-refractivity contribution is -0.156. The summed E-state index contributed by atoms with van der Waals surface area (Å²) in [4.78, 5) is 24.0. The fourth-order valence-electron chi connectivity index (χ4n) is 2.74. The maximum Gasteiger partial charge on any atom is 0.344 e. The van der Waals surface area contributed by atoms with E-state index in [1.807, 2.05) is 32.0 Å². The van der Waals surface area contributed by atoms with Gasteiger partial charge in [-0.1, -0.05) is 32.0 Å². The molecule has 0 bridgehead atoms. The average Bonchev–Trinajstić information content (AvgIpc) is 2.91. The van der Waals surface area contributed by atoms with Gasteiger partial charge in [0.1, 0.15) is 5.75 Å². The van der Waals surface area contributed by atoms with Crippen LogP contribution in [0.5, 0.6) is 5.75 Å². The monoisotopic (exact) mass is 383 g/mol. The van der Waals surface area contributed by atoms with E-state index in [4.69, 9.17) is 9.47 Å². The van der Waals surface area contributed by atoms with Gasteiger partial charge in [-0.05, 0) is 30.9 Å². The molecular weight excluding hydrogens is 358 g/mol. The lowest BCUT2D eigenvalue weighted by Gasteiger charge is -2.17. The molecular formula is C18H25NO6S. The molecule has 1 saturated heterocycles. The Balaban J connectivity index is 1.81. The molecule has 0 spiro atoms. The highest BCUT2D eigenvalue weighted by atomic mass is 32.2. The standard InChI is InChI=1S/C18H25NO6S/c1-12(2)15-6-4-5-7-16(15)24-10-17(20)25-13(3)18(21)19-14-8-9-26(22,23)11-14/h4-7,12-14H,8-11H2,1-3H3,(H,19,21)/t13-,14-/m1/s1. The molecule has 0 aliphatic carbocycles. The molecule has 0 saturated carbocycles. The predicted molar refractivity (Wildman–Crippen MR) is 96.8 cm³/mol. The molecule has 1 aromatic rings. The fraction of sp³-hybridized carbons (Fsp3) is 0.556. The van der Waals surface area contributed by atoms with E-state index >= 15 is 0 Å². The van der Waals surface area contributed by atoms with Gasteiger partial charge in [-0.25, -0.2) is 13.2 Å². The molecule has 0 radical (unpaired) electrons. The Kier molecular flexibility index (Phi) is 6.63. The highest BCUT2D eigenvalue weighted by molar-refractivity contribution is 7.91. The van der Waals surface area contributed by atoms with Gasteiger partial charge in [-0.2, -0.15) is 0 Å². The first-order chi connectivity index (χ1) is 12.2. The third-order valence-electron chi connectivity index (χ3n) is 4.14. The van der Waals surface area contributed by atoms with Crippen molar-refractivity contribution in [2.45, 2.75) is 45.3 Å². The van der Waals surface area contributed by atoms with Crippen LogP contribution in [-0.2, 0) is 24.2 Å². The van der Waals surface area contributed by atoms with E-state index < -0.39 is 33.9 Å². The molecule has 2 rings (SSSR count). The summed E-state index contributed by atoms with van der Waals surface area (Å²) in [5, 5.41) is 2.60. The van der Waals surface area contributed by atoms with Gasteiger partial charge >= 0.3 is 5.97 Å². The number of hydrogen-bond donors (Lipinski definition) is 1. The van der Waals surface area contributed by atoms with Gasteiger partial charge in [0, 0.05) is 6.04 Å².